The molecular formula is C13H17BrN4. The quantitative estimate of drug-likeness (QED) is 0.923. The summed E-state index contributed by atoms with van der Waals surface area (Å²) in [4.78, 5) is 8.92. The van der Waals surface area contributed by atoms with Gasteiger partial charge < -0.3 is 5.32 Å². The Hall–Kier alpha value is -1.20. The number of nitrogens with zero attached hydrogens (tertiary/aromatic N) is 3. The molecule has 0 fully saturated rings. The van der Waals surface area contributed by atoms with Crippen LogP contribution >= 0.6 is 15.9 Å². The zero-order valence-electron chi connectivity index (χ0n) is 10.7. The minimum atomic E-state index is 0.783. The minimum absolute atomic E-state index is 0.783. The Morgan fingerprint density at radius 1 is 1.39 bits per heavy atom. The van der Waals surface area contributed by atoms with Crippen LogP contribution in [0.25, 0.3) is 5.82 Å². The SMILES string of the molecule is CCCc1nccn1-c1ncc(Br)cc1CNC. The van der Waals surface area contributed by atoms with E-state index in [0.29, 0.717) is 0 Å². The third-order valence-corrected chi connectivity index (χ3v) is 3.13. The van der Waals surface area contributed by atoms with Gasteiger partial charge in [-0.3, -0.25) is 4.57 Å². The van der Waals surface area contributed by atoms with Crippen molar-refractivity contribution in [3.8, 4) is 5.82 Å². The second-order valence-electron chi connectivity index (χ2n) is 4.13. The van der Waals surface area contributed by atoms with E-state index in [1.807, 2.05) is 25.6 Å². The molecule has 2 rings (SSSR count). The summed E-state index contributed by atoms with van der Waals surface area (Å²) in [7, 11) is 1.94. The molecule has 0 amide bonds. The highest BCUT2D eigenvalue weighted by molar-refractivity contribution is 9.10. The lowest BCUT2D eigenvalue weighted by molar-refractivity contribution is 0.765. The lowest BCUT2D eigenvalue weighted by Gasteiger charge is -2.12. The van der Waals surface area contributed by atoms with Crippen LogP contribution in [0.5, 0.6) is 0 Å². The van der Waals surface area contributed by atoms with Crippen LogP contribution < -0.4 is 5.32 Å². The van der Waals surface area contributed by atoms with Crippen molar-refractivity contribution in [1.29, 1.82) is 0 Å². The highest BCUT2D eigenvalue weighted by atomic mass is 79.9. The topological polar surface area (TPSA) is 42.7 Å². The number of aromatic nitrogens is 3. The first-order valence-electron chi connectivity index (χ1n) is 6.08. The minimum Gasteiger partial charge on any atom is -0.316 e. The molecule has 0 saturated carbocycles. The van der Waals surface area contributed by atoms with Gasteiger partial charge in [0.05, 0.1) is 0 Å². The van der Waals surface area contributed by atoms with E-state index in [1.165, 1.54) is 0 Å². The molecule has 5 heteroatoms. The van der Waals surface area contributed by atoms with Crippen molar-refractivity contribution >= 4 is 15.9 Å². The van der Waals surface area contributed by atoms with Crippen LogP contribution in [-0.2, 0) is 13.0 Å². The number of nitrogens with one attached hydrogen (secondary N) is 1. The average Bonchev–Trinajstić information content (AvgIpc) is 2.78. The Morgan fingerprint density at radius 2 is 2.22 bits per heavy atom. The van der Waals surface area contributed by atoms with Crippen molar-refractivity contribution in [3.05, 3.63) is 40.5 Å². The molecule has 1 N–H and O–H groups in total. The summed E-state index contributed by atoms with van der Waals surface area (Å²) in [6.07, 6.45) is 7.67. The molecule has 2 heterocycles. The van der Waals surface area contributed by atoms with E-state index in [2.05, 4.69) is 48.8 Å². The van der Waals surface area contributed by atoms with Gasteiger partial charge in [-0.15, -0.1) is 0 Å². The van der Waals surface area contributed by atoms with Gasteiger partial charge in [-0.25, -0.2) is 9.97 Å². The summed E-state index contributed by atoms with van der Waals surface area (Å²) < 4.78 is 3.07. The largest absolute Gasteiger partial charge is 0.316 e. The Balaban J connectivity index is 2.45. The van der Waals surface area contributed by atoms with Crippen LogP contribution in [0.1, 0.15) is 24.7 Å². The molecule has 4 nitrogen and oxygen atoms in total. The van der Waals surface area contributed by atoms with Gasteiger partial charge in [-0.2, -0.15) is 0 Å². The van der Waals surface area contributed by atoms with Crippen molar-refractivity contribution in [2.75, 3.05) is 7.05 Å². The predicted molar refractivity (Wildman–Crippen MR) is 75.8 cm³/mol. The monoisotopic (exact) mass is 308 g/mol. The van der Waals surface area contributed by atoms with E-state index < -0.39 is 0 Å². The molecule has 0 bridgehead atoms. The lowest BCUT2D eigenvalue weighted by atomic mass is 10.2. The molecule has 96 valence electrons. The van der Waals surface area contributed by atoms with Crippen LogP contribution in [0.2, 0.25) is 0 Å². The van der Waals surface area contributed by atoms with Gasteiger partial charge in [0.25, 0.3) is 0 Å². The van der Waals surface area contributed by atoms with E-state index in [0.717, 1.165) is 41.1 Å². The number of aryl methyl sites for hydroxylation is 1. The first-order valence-corrected chi connectivity index (χ1v) is 6.87. The fourth-order valence-corrected chi connectivity index (χ4v) is 2.33. The molecule has 0 atom stereocenters. The van der Waals surface area contributed by atoms with E-state index >= 15 is 0 Å². The first-order chi connectivity index (χ1) is 8.76. The molecule has 0 unspecified atom stereocenters. The van der Waals surface area contributed by atoms with E-state index in [-0.39, 0.29) is 0 Å². The van der Waals surface area contributed by atoms with E-state index in [1.54, 1.807) is 0 Å². The highest BCUT2D eigenvalue weighted by Gasteiger charge is 2.10. The second-order valence-corrected chi connectivity index (χ2v) is 5.05. The highest BCUT2D eigenvalue weighted by Crippen LogP contribution is 2.19. The maximum Gasteiger partial charge on any atom is 0.142 e. The maximum atomic E-state index is 4.52. The molecule has 2 aromatic rings. The molecule has 0 aliphatic heterocycles. The predicted octanol–water partition coefficient (Wildman–Crippen LogP) is 2.70. The number of pyridine rings is 1. The van der Waals surface area contributed by atoms with Crippen molar-refractivity contribution in [2.24, 2.45) is 0 Å². The van der Waals surface area contributed by atoms with Gasteiger partial charge in [0.15, 0.2) is 0 Å². The van der Waals surface area contributed by atoms with E-state index in [9.17, 15) is 0 Å². The third kappa shape index (κ3) is 2.79. The standard InChI is InChI=1S/C13H17BrN4/c1-3-4-12-16-5-6-18(12)13-10(8-15-2)7-11(14)9-17-13/h5-7,9,15H,3-4,8H2,1-2H3. The maximum absolute atomic E-state index is 4.52. The molecule has 0 aromatic carbocycles. The number of hydrogen-bond acceptors (Lipinski definition) is 3. The lowest BCUT2D eigenvalue weighted by Crippen LogP contribution is -2.12. The number of rotatable bonds is 5. The summed E-state index contributed by atoms with van der Waals surface area (Å²) >= 11 is 3.46. The van der Waals surface area contributed by atoms with Gasteiger partial charge in [0.1, 0.15) is 11.6 Å². The summed E-state index contributed by atoms with van der Waals surface area (Å²) in [6, 6.07) is 2.09. The zero-order chi connectivity index (χ0) is 13.0. The van der Waals surface area contributed by atoms with Crippen molar-refractivity contribution in [3.63, 3.8) is 0 Å². The normalized spacial score (nSPS) is 10.8. The molecule has 0 radical (unpaired) electrons. The van der Waals surface area contributed by atoms with Crippen LogP contribution in [-0.4, -0.2) is 21.6 Å². The molecule has 0 spiro atoms. The van der Waals surface area contributed by atoms with Gasteiger partial charge in [0, 0.05) is 41.6 Å². The van der Waals surface area contributed by atoms with Crippen molar-refractivity contribution in [1.82, 2.24) is 19.9 Å². The third-order valence-electron chi connectivity index (χ3n) is 2.70. The Bertz CT molecular complexity index is 521. The summed E-state index contributed by atoms with van der Waals surface area (Å²) in [6.45, 7) is 2.94. The van der Waals surface area contributed by atoms with Crippen molar-refractivity contribution in [2.45, 2.75) is 26.3 Å². The van der Waals surface area contributed by atoms with Gasteiger partial charge in [0.2, 0.25) is 0 Å². The molecular weight excluding hydrogens is 292 g/mol. The summed E-state index contributed by atoms with van der Waals surface area (Å²) in [5.41, 5.74) is 1.15. The molecule has 0 saturated heterocycles. The first kappa shape index (κ1) is 13.2. The van der Waals surface area contributed by atoms with Gasteiger partial charge >= 0.3 is 0 Å². The Morgan fingerprint density at radius 3 is 2.94 bits per heavy atom. The van der Waals surface area contributed by atoms with E-state index in [4.69, 9.17) is 0 Å². The number of halogens is 1. The fourth-order valence-electron chi connectivity index (χ4n) is 1.95. The fraction of sp³-hybridized carbons (Fsp3) is 0.385. The van der Waals surface area contributed by atoms with Crippen molar-refractivity contribution < 1.29 is 0 Å². The van der Waals surface area contributed by atoms with Gasteiger partial charge in [-0.1, -0.05) is 6.92 Å². The smallest absolute Gasteiger partial charge is 0.142 e. The molecule has 2 aromatic heterocycles. The Kier molecular flexibility index (Phi) is 4.49. The number of hydrogen-bond donors (Lipinski definition) is 1. The molecule has 0 aliphatic carbocycles. The second kappa shape index (κ2) is 6.11. The van der Waals surface area contributed by atoms with Crippen LogP contribution in [0.3, 0.4) is 0 Å². The zero-order valence-corrected chi connectivity index (χ0v) is 12.2. The Labute approximate surface area is 116 Å². The molecule has 18 heavy (non-hydrogen) atoms. The molecule has 0 aliphatic rings. The van der Waals surface area contributed by atoms with Crippen LogP contribution in [0, 0.1) is 0 Å². The van der Waals surface area contributed by atoms with Crippen LogP contribution in [0.15, 0.2) is 29.1 Å². The van der Waals surface area contributed by atoms with Crippen LogP contribution in [0.4, 0.5) is 0 Å². The summed E-state index contributed by atoms with van der Waals surface area (Å²) in [5.74, 6) is 2.01. The number of imidazole rings is 1. The van der Waals surface area contributed by atoms with Gasteiger partial charge in [-0.05, 0) is 35.5 Å². The average molecular weight is 309 g/mol. The summed E-state index contributed by atoms with van der Waals surface area (Å²) in [5, 5.41) is 3.17.